The maximum absolute atomic E-state index is 13.5. The third-order valence-corrected chi connectivity index (χ3v) is 4.56. The molecular formula is C16H25FN2O. The molecule has 4 heteroatoms. The summed E-state index contributed by atoms with van der Waals surface area (Å²) in [5, 5.41) is 0. The number of ether oxygens (including phenoxy) is 1. The summed E-state index contributed by atoms with van der Waals surface area (Å²) in [6, 6.07) is 4.56. The Balaban J connectivity index is 2.22. The van der Waals surface area contributed by atoms with Crippen LogP contribution in [0, 0.1) is 17.2 Å². The Hall–Kier alpha value is -1.13. The fourth-order valence-electron chi connectivity index (χ4n) is 3.18. The fraction of sp³-hybridized carbons (Fsp3) is 0.625. The van der Waals surface area contributed by atoms with E-state index in [-0.39, 0.29) is 11.9 Å². The van der Waals surface area contributed by atoms with Crippen LogP contribution in [0.4, 0.5) is 4.39 Å². The molecule has 0 heterocycles. The zero-order valence-electron chi connectivity index (χ0n) is 12.6. The number of hydrogen-bond donors (Lipinski definition) is 2. The summed E-state index contributed by atoms with van der Waals surface area (Å²) < 4.78 is 18.9. The molecule has 1 atom stereocenters. The molecule has 0 aliphatic heterocycles. The van der Waals surface area contributed by atoms with Crippen LogP contribution in [0.2, 0.25) is 0 Å². The molecule has 1 saturated carbocycles. The van der Waals surface area contributed by atoms with Crippen molar-refractivity contribution < 1.29 is 9.13 Å². The normalized spacial score (nSPS) is 20.6. The van der Waals surface area contributed by atoms with Crippen molar-refractivity contribution in [3.8, 4) is 5.75 Å². The van der Waals surface area contributed by atoms with Gasteiger partial charge in [-0.05, 0) is 55.2 Å². The lowest BCUT2D eigenvalue weighted by Crippen LogP contribution is -2.36. The monoisotopic (exact) mass is 280 g/mol. The highest BCUT2D eigenvalue weighted by Gasteiger charge is 2.32. The Morgan fingerprint density at radius 2 is 2.00 bits per heavy atom. The average molecular weight is 280 g/mol. The van der Waals surface area contributed by atoms with E-state index in [0.29, 0.717) is 17.1 Å². The predicted octanol–water partition coefficient (Wildman–Crippen LogP) is 3.56. The van der Waals surface area contributed by atoms with Crippen LogP contribution in [-0.2, 0) is 0 Å². The van der Waals surface area contributed by atoms with Crippen LogP contribution < -0.4 is 16.0 Å². The van der Waals surface area contributed by atoms with E-state index >= 15 is 0 Å². The lowest BCUT2D eigenvalue weighted by molar-refractivity contribution is 0.160. The molecule has 0 aromatic heterocycles. The molecule has 3 N–H and O–H groups in total. The summed E-state index contributed by atoms with van der Waals surface area (Å²) in [5.41, 5.74) is 4.09. The number of hydrogen-bond acceptors (Lipinski definition) is 3. The quantitative estimate of drug-likeness (QED) is 0.655. The highest BCUT2D eigenvalue weighted by Crippen LogP contribution is 2.44. The maximum atomic E-state index is 13.5. The van der Waals surface area contributed by atoms with Gasteiger partial charge in [0.25, 0.3) is 0 Å². The standard InChI is InChI=1S/C16H25FN2O/c1-16(2)8-6-11(7-9-16)15(19-18)13-10-12(17)4-5-14(13)20-3/h4-5,10-11,15,19H,6-9,18H2,1-3H3. The minimum Gasteiger partial charge on any atom is -0.496 e. The second kappa shape index (κ2) is 6.10. The van der Waals surface area contributed by atoms with Crippen LogP contribution in [0.15, 0.2) is 18.2 Å². The Morgan fingerprint density at radius 3 is 2.55 bits per heavy atom. The molecule has 1 fully saturated rings. The molecule has 0 radical (unpaired) electrons. The van der Waals surface area contributed by atoms with Crippen molar-refractivity contribution in [3.05, 3.63) is 29.6 Å². The summed E-state index contributed by atoms with van der Waals surface area (Å²) >= 11 is 0. The third-order valence-electron chi connectivity index (χ3n) is 4.56. The number of hydrazine groups is 1. The molecule has 0 bridgehead atoms. The van der Waals surface area contributed by atoms with Crippen LogP contribution in [0.5, 0.6) is 5.75 Å². The van der Waals surface area contributed by atoms with Gasteiger partial charge in [0.1, 0.15) is 11.6 Å². The van der Waals surface area contributed by atoms with Gasteiger partial charge < -0.3 is 4.74 Å². The van der Waals surface area contributed by atoms with Gasteiger partial charge in [0.2, 0.25) is 0 Å². The van der Waals surface area contributed by atoms with Crippen molar-refractivity contribution in [2.75, 3.05) is 7.11 Å². The number of rotatable bonds is 4. The van der Waals surface area contributed by atoms with Gasteiger partial charge in [-0.2, -0.15) is 0 Å². The number of halogens is 1. The lowest BCUT2D eigenvalue weighted by atomic mass is 9.70. The van der Waals surface area contributed by atoms with Gasteiger partial charge in [0.05, 0.1) is 13.2 Å². The van der Waals surface area contributed by atoms with Gasteiger partial charge in [0.15, 0.2) is 0 Å². The second-order valence-corrected chi connectivity index (χ2v) is 6.53. The van der Waals surface area contributed by atoms with E-state index in [1.54, 1.807) is 13.2 Å². The highest BCUT2D eigenvalue weighted by molar-refractivity contribution is 5.37. The van der Waals surface area contributed by atoms with Crippen molar-refractivity contribution >= 4 is 0 Å². The minimum absolute atomic E-state index is 0.0586. The Kier molecular flexibility index (Phi) is 4.66. The molecule has 1 aliphatic rings. The Morgan fingerprint density at radius 1 is 1.35 bits per heavy atom. The Bertz CT molecular complexity index is 452. The summed E-state index contributed by atoms with van der Waals surface area (Å²) in [6.07, 6.45) is 4.55. The van der Waals surface area contributed by atoms with Gasteiger partial charge in [0, 0.05) is 5.56 Å². The predicted molar refractivity (Wildman–Crippen MR) is 78.8 cm³/mol. The third kappa shape index (κ3) is 3.30. The zero-order chi connectivity index (χ0) is 14.8. The molecule has 1 aliphatic carbocycles. The van der Waals surface area contributed by atoms with Crippen molar-refractivity contribution in [1.29, 1.82) is 0 Å². The SMILES string of the molecule is COc1ccc(F)cc1C(NN)C1CCC(C)(C)CC1. The van der Waals surface area contributed by atoms with Crippen molar-refractivity contribution in [2.24, 2.45) is 17.2 Å². The first-order valence-corrected chi connectivity index (χ1v) is 7.26. The number of methoxy groups -OCH3 is 1. The molecule has 2 rings (SSSR count). The molecular weight excluding hydrogens is 255 g/mol. The van der Waals surface area contributed by atoms with Gasteiger partial charge >= 0.3 is 0 Å². The summed E-state index contributed by atoms with van der Waals surface area (Å²) in [4.78, 5) is 0. The van der Waals surface area contributed by atoms with Crippen LogP contribution in [0.25, 0.3) is 0 Å². The van der Waals surface area contributed by atoms with E-state index < -0.39 is 0 Å². The van der Waals surface area contributed by atoms with Gasteiger partial charge in [-0.15, -0.1) is 0 Å². The van der Waals surface area contributed by atoms with Crippen molar-refractivity contribution in [1.82, 2.24) is 5.43 Å². The molecule has 1 aromatic rings. The lowest BCUT2D eigenvalue weighted by Gasteiger charge is -2.38. The Labute approximate surface area is 120 Å². The topological polar surface area (TPSA) is 47.3 Å². The number of benzene rings is 1. The van der Waals surface area contributed by atoms with E-state index in [2.05, 4.69) is 19.3 Å². The first kappa shape index (κ1) is 15.3. The summed E-state index contributed by atoms with van der Waals surface area (Å²) in [6.45, 7) is 4.60. The van der Waals surface area contributed by atoms with E-state index in [4.69, 9.17) is 10.6 Å². The van der Waals surface area contributed by atoms with Crippen molar-refractivity contribution in [3.63, 3.8) is 0 Å². The van der Waals surface area contributed by atoms with Crippen LogP contribution >= 0.6 is 0 Å². The molecule has 1 unspecified atom stereocenters. The first-order chi connectivity index (χ1) is 9.46. The van der Waals surface area contributed by atoms with Crippen LogP contribution in [0.3, 0.4) is 0 Å². The van der Waals surface area contributed by atoms with Crippen LogP contribution in [0.1, 0.15) is 51.1 Å². The summed E-state index contributed by atoms with van der Waals surface area (Å²) in [7, 11) is 1.61. The molecule has 3 nitrogen and oxygen atoms in total. The minimum atomic E-state index is -0.253. The molecule has 0 spiro atoms. The van der Waals surface area contributed by atoms with E-state index in [0.717, 1.165) is 18.4 Å². The number of nitrogens with two attached hydrogens (primary N) is 1. The smallest absolute Gasteiger partial charge is 0.123 e. The maximum Gasteiger partial charge on any atom is 0.123 e. The number of nitrogens with one attached hydrogen (secondary N) is 1. The largest absolute Gasteiger partial charge is 0.496 e. The summed E-state index contributed by atoms with van der Waals surface area (Å²) in [5.74, 6) is 6.61. The molecule has 1 aromatic carbocycles. The molecule has 0 saturated heterocycles. The zero-order valence-corrected chi connectivity index (χ0v) is 12.6. The molecule has 112 valence electrons. The first-order valence-electron chi connectivity index (χ1n) is 7.26. The van der Waals surface area contributed by atoms with Gasteiger partial charge in [-0.25, -0.2) is 4.39 Å². The van der Waals surface area contributed by atoms with Crippen LogP contribution in [-0.4, -0.2) is 7.11 Å². The van der Waals surface area contributed by atoms with Gasteiger partial charge in [-0.1, -0.05) is 13.8 Å². The molecule has 0 amide bonds. The highest BCUT2D eigenvalue weighted by atomic mass is 19.1. The fourth-order valence-corrected chi connectivity index (χ4v) is 3.18. The van der Waals surface area contributed by atoms with E-state index in [1.807, 2.05) is 0 Å². The van der Waals surface area contributed by atoms with Crippen molar-refractivity contribution in [2.45, 2.75) is 45.6 Å². The van der Waals surface area contributed by atoms with E-state index in [9.17, 15) is 4.39 Å². The second-order valence-electron chi connectivity index (χ2n) is 6.53. The van der Waals surface area contributed by atoms with E-state index in [1.165, 1.54) is 25.0 Å². The molecule has 20 heavy (non-hydrogen) atoms. The van der Waals surface area contributed by atoms with Gasteiger partial charge in [-0.3, -0.25) is 11.3 Å². The average Bonchev–Trinajstić information content (AvgIpc) is 2.41.